The van der Waals surface area contributed by atoms with E-state index < -0.39 is 0 Å². The normalized spacial score (nSPS) is 13.2. The quantitative estimate of drug-likeness (QED) is 0.366. The molecule has 0 aliphatic carbocycles. The van der Waals surface area contributed by atoms with Gasteiger partial charge in [-0.25, -0.2) is 4.98 Å². The van der Waals surface area contributed by atoms with Crippen LogP contribution in [0.3, 0.4) is 0 Å². The second-order valence-electron chi connectivity index (χ2n) is 6.18. The number of nitrogen functional groups attached to an aromatic ring is 1. The first kappa shape index (κ1) is 22.6. The molecule has 3 N–H and O–H groups in total. The first-order valence-electron chi connectivity index (χ1n) is 8.95. The van der Waals surface area contributed by atoms with Crippen molar-refractivity contribution in [2.45, 2.75) is 34.1 Å². The van der Waals surface area contributed by atoms with Gasteiger partial charge < -0.3 is 10.5 Å². The number of rotatable bonds is 7. The Bertz CT molecular complexity index is 995. The highest BCUT2D eigenvalue weighted by molar-refractivity contribution is 7.19. The number of aromatic nitrogens is 3. The minimum Gasteiger partial charge on any atom is -0.494 e. The maximum atomic E-state index is 13.0. The van der Waals surface area contributed by atoms with Crippen molar-refractivity contribution in [3.8, 4) is 5.75 Å². The minimum absolute atomic E-state index is 0.276. The van der Waals surface area contributed by atoms with Gasteiger partial charge in [0.1, 0.15) is 10.9 Å². The molecular formula is C20H24ClN5O2S. The van der Waals surface area contributed by atoms with E-state index in [1.165, 1.54) is 11.8 Å². The number of anilines is 2. The third kappa shape index (κ3) is 5.65. The fourth-order valence-electron chi connectivity index (χ4n) is 2.57. The number of halogens is 1. The largest absolute Gasteiger partial charge is 0.494 e. The maximum absolute atomic E-state index is 13.0. The Hall–Kier alpha value is -2.71. The molecule has 2 heterocycles. The highest BCUT2D eigenvalue weighted by atomic mass is 35.5. The molecule has 0 aliphatic heterocycles. The van der Waals surface area contributed by atoms with Crippen LogP contribution in [0.1, 0.15) is 39.7 Å². The van der Waals surface area contributed by atoms with Crippen molar-refractivity contribution in [2.75, 3.05) is 18.2 Å². The maximum Gasteiger partial charge on any atom is 0.257 e. The van der Waals surface area contributed by atoms with Crippen LogP contribution >= 0.6 is 22.9 Å². The van der Waals surface area contributed by atoms with Gasteiger partial charge in [-0.1, -0.05) is 53.2 Å². The highest BCUT2D eigenvalue weighted by Crippen LogP contribution is 2.34. The lowest BCUT2D eigenvalue weighted by Gasteiger charge is -2.16. The predicted molar refractivity (Wildman–Crippen MR) is 119 cm³/mol. The Morgan fingerprint density at radius 1 is 1.38 bits per heavy atom. The van der Waals surface area contributed by atoms with Crippen molar-refractivity contribution in [3.05, 3.63) is 51.9 Å². The summed E-state index contributed by atoms with van der Waals surface area (Å²) in [6.07, 6.45) is 6.11. The third-order valence-corrected chi connectivity index (χ3v) is 5.27. The predicted octanol–water partition coefficient (Wildman–Crippen LogP) is 4.89. The van der Waals surface area contributed by atoms with Crippen LogP contribution in [0.2, 0.25) is 5.15 Å². The topological polar surface area (TPSA) is 103 Å². The van der Waals surface area contributed by atoms with E-state index in [9.17, 15) is 4.79 Å². The molecule has 0 aliphatic rings. The molecule has 154 valence electrons. The SMILES string of the molecule is C/C=C(C(=O)Nc1nnc(N)s1)\C(=C/C(C)=C(C)CC)c1cc(Cl)ncc1OC. The number of carbonyl (C=O) groups excluding carboxylic acids is 1. The average Bonchev–Trinajstić information content (AvgIpc) is 3.11. The number of nitrogens with zero attached hydrogens (tertiary/aromatic N) is 3. The van der Waals surface area contributed by atoms with Crippen LogP contribution in [0.15, 0.2) is 41.1 Å². The summed E-state index contributed by atoms with van der Waals surface area (Å²) >= 11 is 7.24. The third-order valence-electron chi connectivity index (χ3n) is 4.39. The van der Waals surface area contributed by atoms with Crippen molar-refractivity contribution in [2.24, 2.45) is 0 Å². The number of nitrogens with two attached hydrogens (primary N) is 1. The Morgan fingerprint density at radius 3 is 2.66 bits per heavy atom. The van der Waals surface area contributed by atoms with Gasteiger partial charge in [0, 0.05) is 11.1 Å². The molecule has 2 aromatic rings. The van der Waals surface area contributed by atoms with Crippen molar-refractivity contribution < 1.29 is 9.53 Å². The van der Waals surface area contributed by atoms with Gasteiger partial charge in [0.25, 0.3) is 5.91 Å². The molecule has 2 rings (SSSR count). The molecule has 0 aromatic carbocycles. The molecule has 0 unspecified atom stereocenters. The zero-order chi connectivity index (χ0) is 21.6. The summed E-state index contributed by atoms with van der Waals surface area (Å²) in [6.45, 7) is 7.93. The monoisotopic (exact) mass is 433 g/mol. The van der Waals surface area contributed by atoms with E-state index in [0.717, 1.165) is 23.3 Å². The fourth-order valence-corrected chi connectivity index (χ4v) is 3.23. The van der Waals surface area contributed by atoms with E-state index in [1.807, 2.05) is 13.0 Å². The Kier molecular flexibility index (Phi) is 7.92. The lowest BCUT2D eigenvalue weighted by Crippen LogP contribution is -2.16. The van der Waals surface area contributed by atoms with E-state index in [2.05, 4.69) is 34.3 Å². The molecule has 1 amide bonds. The second kappa shape index (κ2) is 10.2. The van der Waals surface area contributed by atoms with Gasteiger partial charge in [-0.2, -0.15) is 0 Å². The van der Waals surface area contributed by atoms with Gasteiger partial charge in [0.05, 0.1) is 13.3 Å². The molecule has 0 atom stereocenters. The van der Waals surface area contributed by atoms with Crippen molar-refractivity contribution >= 4 is 44.7 Å². The lowest BCUT2D eigenvalue weighted by atomic mass is 9.93. The summed E-state index contributed by atoms with van der Waals surface area (Å²) in [5.74, 6) is 0.168. The lowest BCUT2D eigenvalue weighted by molar-refractivity contribution is -0.112. The molecule has 7 nitrogen and oxygen atoms in total. The van der Waals surface area contributed by atoms with E-state index >= 15 is 0 Å². The molecule has 0 radical (unpaired) electrons. The number of carbonyl (C=O) groups is 1. The van der Waals surface area contributed by atoms with Crippen LogP contribution < -0.4 is 15.8 Å². The Morgan fingerprint density at radius 2 is 2.10 bits per heavy atom. The molecule has 9 heteroatoms. The van der Waals surface area contributed by atoms with Crippen molar-refractivity contribution in [3.63, 3.8) is 0 Å². The van der Waals surface area contributed by atoms with Crippen LogP contribution in [0.25, 0.3) is 5.57 Å². The molecule has 0 saturated carbocycles. The number of amides is 1. The molecule has 0 saturated heterocycles. The van der Waals surface area contributed by atoms with Gasteiger partial charge >= 0.3 is 0 Å². The summed E-state index contributed by atoms with van der Waals surface area (Å²) in [5.41, 5.74) is 9.61. The van der Waals surface area contributed by atoms with Crippen LogP contribution in [-0.2, 0) is 4.79 Å². The van der Waals surface area contributed by atoms with E-state index in [1.54, 1.807) is 26.2 Å². The molecule has 0 spiro atoms. The number of hydrogen-bond acceptors (Lipinski definition) is 7. The summed E-state index contributed by atoms with van der Waals surface area (Å²) in [4.78, 5) is 17.1. The minimum atomic E-state index is -0.341. The van der Waals surface area contributed by atoms with Gasteiger partial charge in [-0.3, -0.25) is 10.1 Å². The Labute approximate surface area is 179 Å². The van der Waals surface area contributed by atoms with Crippen LogP contribution in [0.5, 0.6) is 5.75 Å². The summed E-state index contributed by atoms with van der Waals surface area (Å²) in [5, 5.41) is 11.2. The standard InChI is InChI=1S/C20H24ClN5O2S/c1-6-11(3)12(4)8-14(15-9-17(21)23-10-16(15)28-5)13(7-2)18(27)24-20-26-25-19(22)29-20/h7-10H,6H2,1-5H3,(H2,22,25)(H,24,26,27)/b12-11?,13-7+,14-8+. The highest BCUT2D eigenvalue weighted by Gasteiger charge is 2.21. The van der Waals surface area contributed by atoms with E-state index in [-0.39, 0.29) is 11.0 Å². The number of allylic oxidation sites excluding steroid dienone is 4. The first-order valence-corrected chi connectivity index (χ1v) is 10.1. The van der Waals surface area contributed by atoms with Gasteiger partial charge in [-0.05, 0) is 38.8 Å². The van der Waals surface area contributed by atoms with Crippen molar-refractivity contribution in [1.82, 2.24) is 15.2 Å². The van der Waals surface area contributed by atoms with E-state index in [4.69, 9.17) is 22.1 Å². The van der Waals surface area contributed by atoms with Crippen LogP contribution in [0, 0.1) is 0 Å². The molecule has 0 bridgehead atoms. The van der Waals surface area contributed by atoms with Gasteiger partial charge in [-0.15, -0.1) is 10.2 Å². The summed E-state index contributed by atoms with van der Waals surface area (Å²) in [6, 6.07) is 1.68. The van der Waals surface area contributed by atoms with Crippen molar-refractivity contribution in [1.29, 1.82) is 0 Å². The zero-order valence-corrected chi connectivity index (χ0v) is 18.6. The molecule has 0 fully saturated rings. The smallest absolute Gasteiger partial charge is 0.257 e. The first-order chi connectivity index (χ1) is 13.8. The zero-order valence-electron chi connectivity index (χ0n) is 17.0. The number of hydrogen-bond donors (Lipinski definition) is 2. The number of nitrogens with one attached hydrogen (secondary N) is 1. The summed E-state index contributed by atoms with van der Waals surface area (Å²) < 4.78 is 5.47. The molecule has 2 aromatic heterocycles. The Balaban J connectivity index is 2.61. The average molecular weight is 434 g/mol. The van der Waals surface area contributed by atoms with Gasteiger partial charge in [0.15, 0.2) is 0 Å². The van der Waals surface area contributed by atoms with E-state index in [0.29, 0.717) is 32.7 Å². The fraction of sp³-hybridized carbons (Fsp3) is 0.300. The van der Waals surface area contributed by atoms with Crippen LogP contribution in [-0.4, -0.2) is 28.2 Å². The second-order valence-corrected chi connectivity index (χ2v) is 7.58. The number of pyridine rings is 1. The number of ether oxygens (including phenoxy) is 1. The number of methoxy groups -OCH3 is 1. The molecular weight excluding hydrogens is 410 g/mol. The molecule has 29 heavy (non-hydrogen) atoms. The van der Waals surface area contributed by atoms with Gasteiger partial charge in [0.2, 0.25) is 10.3 Å². The summed E-state index contributed by atoms with van der Waals surface area (Å²) in [7, 11) is 1.55. The van der Waals surface area contributed by atoms with Crippen LogP contribution in [0.4, 0.5) is 10.3 Å².